The number of nitrogens with one attached hydrogen (secondary N) is 1. The molecule has 6 nitrogen and oxygen atoms in total. The average Bonchev–Trinajstić information content (AvgIpc) is 2.90. The van der Waals surface area contributed by atoms with Crippen molar-refractivity contribution in [3.05, 3.63) is 17.0 Å². The van der Waals surface area contributed by atoms with Crippen LogP contribution in [0.4, 0.5) is 0 Å². The first kappa shape index (κ1) is 13.6. The molecule has 110 valence electrons. The van der Waals surface area contributed by atoms with Gasteiger partial charge in [0.2, 0.25) is 0 Å². The number of hydrogen-bond donors (Lipinski definition) is 1. The van der Waals surface area contributed by atoms with Gasteiger partial charge >= 0.3 is 0 Å². The molecular formula is C13H18N2O4S. The van der Waals surface area contributed by atoms with Crippen molar-refractivity contribution in [2.75, 3.05) is 11.5 Å². The zero-order valence-corrected chi connectivity index (χ0v) is 12.2. The van der Waals surface area contributed by atoms with Crippen molar-refractivity contribution in [1.82, 2.24) is 10.5 Å². The molecule has 0 bridgehead atoms. The first-order valence-electron chi connectivity index (χ1n) is 6.95. The van der Waals surface area contributed by atoms with Crippen LogP contribution in [0, 0.1) is 5.92 Å². The molecule has 0 spiro atoms. The zero-order chi connectivity index (χ0) is 14.3. The molecule has 1 fully saturated rings. The summed E-state index contributed by atoms with van der Waals surface area (Å²) in [6.07, 6.45) is 3.72. The van der Waals surface area contributed by atoms with Gasteiger partial charge in [0.1, 0.15) is 5.76 Å². The van der Waals surface area contributed by atoms with Crippen LogP contribution in [0.5, 0.6) is 0 Å². The third-order valence-electron chi connectivity index (χ3n) is 4.12. The lowest BCUT2D eigenvalue weighted by Gasteiger charge is -2.15. The maximum Gasteiger partial charge on any atom is 0.274 e. The van der Waals surface area contributed by atoms with Crippen molar-refractivity contribution in [2.24, 2.45) is 5.92 Å². The number of sulfone groups is 1. The number of fused-ring (bicyclic) bond motifs is 1. The summed E-state index contributed by atoms with van der Waals surface area (Å²) < 4.78 is 28.3. The van der Waals surface area contributed by atoms with Crippen molar-refractivity contribution >= 4 is 15.7 Å². The number of aryl methyl sites for hydroxylation is 1. The summed E-state index contributed by atoms with van der Waals surface area (Å²) in [5, 5.41) is 6.66. The molecule has 1 aromatic heterocycles. The van der Waals surface area contributed by atoms with Crippen LogP contribution in [0.1, 0.15) is 41.6 Å². The number of aromatic nitrogens is 1. The predicted octanol–water partition coefficient (Wildman–Crippen LogP) is 0.716. The van der Waals surface area contributed by atoms with E-state index in [9.17, 15) is 13.2 Å². The van der Waals surface area contributed by atoms with Gasteiger partial charge in [0.15, 0.2) is 15.5 Å². The zero-order valence-electron chi connectivity index (χ0n) is 11.4. The van der Waals surface area contributed by atoms with Gasteiger partial charge in [0, 0.05) is 18.0 Å². The van der Waals surface area contributed by atoms with Crippen molar-refractivity contribution < 1.29 is 17.7 Å². The summed E-state index contributed by atoms with van der Waals surface area (Å²) in [4.78, 5) is 12.3. The Kier molecular flexibility index (Phi) is 3.32. The summed E-state index contributed by atoms with van der Waals surface area (Å²) in [6.45, 7) is 1.84. The Balaban J connectivity index is 1.76. The molecule has 2 aliphatic rings. The maximum atomic E-state index is 12.3. The van der Waals surface area contributed by atoms with Crippen LogP contribution < -0.4 is 5.32 Å². The number of nitrogens with zero attached hydrogens (tertiary/aromatic N) is 1. The van der Waals surface area contributed by atoms with Gasteiger partial charge in [-0.15, -0.1) is 0 Å². The fraction of sp³-hybridized carbons (Fsp3) is 0.692. The molecule has 1 N–H and O–H groups in total. The summed E-state index contributed by atoms with van der Waals surface area (Å²) >= 11 is 0. The molecule has 1 aromatic rings. The molecule has 0 unspecified atom stereocenters. The Morgan fingerprint density at radius 2 is 2.05 bits per heavy atom. The third kappa shape index (κ3) is 2.46. The van der Waals surface area contributed by atoms with Crippen LogP contribution in [-0.4, -0.2) is 37.0 Å². The summed E-state index contributed by atoms with van der Waals surface area (Å²) in [5.74, 6) is 0.570. The highest BCUT2D eigenvalue weighted by Crippen LogP contribution is 2.25. The van der Waals surface area contributed by atoms with Gasteiger partial charge in [-0.1, -0.05) is 12.1 Å². The van der Waals surface area contributed by atoms with Crippen LogP contribution in [0.25, 0.3) is 0 Å². The van der Waals surface area contributed by atoms with Gasteiger partial charge in [-0.25, -0.2) is 8.42 Å². The number of hydrogen-bond acceptors (Lipinski definition) is 5. The minimum absolute atomic E-state index is 0.0138. The molecule has 1 aliphatic heterocycles. The van der Waals surface area contributed by atoms with Gasteiger partial charge in [-0.05, 0) is 25.2 Å². The summed E-state index contributed by atoms with van der Waals surface area (Å²) in [6, 6.07) is -0.330. The highest BCUT2D eigenvalue weighted by molar-refractivity contribution is 7.91. The molecule has 3 rings (SSSR count). The number of amides is 1. The van der Waals surface area contributed by atoms with Gasteiger partial charge in [0.05, 0.1) is 11.5 Å². The fourth-order valence-electron chi connectivity index (χ4n) is 3.01. The minimum atomic E-state index is -3.03. The van der Waals surface area contributed by atoms with E-state index in [0.717, 1.165) is 37.0 Å². The first-order valence-corrected chi connectivity index (χ1v) is 8.77. The van der Waals surface area contributed by atoms with E-state index >= 15 is 0 Å². The van der Waals surface area contributed by atoms with Crippen molar-refractivity contribution in [3.63, 3.8) is 0 Å². The summed E-state index contributed by atoms with van der Waals surface area (Å²) in [7, 11) is -3.03. The smallest absolute Gasteiger partial charge is 0.274 e. The molecule has 0 radical (unpaired) electrons. The molecule has 1 amide bonds. The van der Waals surface area contributed by atoms with Crippen molar-refractivity contribution in [3.8, 4) is 0 Å². The van der Waals surface area contributed by atoms with Crippen LogP contribution in [0.3, 0.4) is 0 Å². The normalized spacial score (nSPS) is 28.1. The van der Waals surface area contributed by atoms with Gasteiger partial charge in [-0.2, -0.15) is 0 Å². The second kappa shape index (κ2) is 4.87. The molecule has 1 saturated heterocycles. The topological polar surface area (TPSA) is 89.3 Å². The van der Waals surface area contributed by atoms with Crippen LogP contribution in [0.15, 0.2) is 4.52 Å². The molecular weight excluding hydrogens is 280 g/mol. The van der Waals surface area contributed by atoms with Gasteiger partial charge in [-0.3, -0.25) is 4.79 Å². The van der Waals surface area contributed by atoms with Crippen molar-refractivity contribution in [2.45, 2.75) is 38.6 Å². The van der Waals surface area contributed by atoms with E-state index in [1.54, 1.807) is 0 Å². The Morgan fingerprint density at radius 1 is 1.30 bits per heavy atom. The lowest BCUT2D eigenvalue weighted by atomic mass is 9.96. The SMILES string of the molecule is C[C@H]1CS(=O)(=O)C[C@H]1NC(=O)c1noc2c1CCCC2. The molecule has 0 aromatic carbocycles. The van der Waals surface area contributed by atoms with Crippen molar-refractivity contribution in [1.29, 1.82) is 0 Å². The lowest BCUT2D eigenvalue weighted by Crippen LogP contribution is -2.39. The second-order valence-corrected chi connectivity index (χ2v) is 7.93. The van der Waals surface area contributed by atoms with Gasteiger partial charge < -0.3 is 9.84 Å². The molecule has 2 atom stereocenters. The van der Waals surface area contributed by atoms with E-state index in [1.807, 2.05) is 6.92 Å². The maximum absolute atomic E-state index is 12.3. The monoisotopic (exact) mass is 298 g/mol. The highest BCUT2D eigenvalue weighted by Gasteiger charge is 2.36. The first-order chi connectivity index (χ1) is 9.46. The predicted molar refractivity (Wildman–Crippen MR) is 72.2 cm³/mol. The minimum Gasteiger partial charge on any atom is -0.360 e. The lowest BCUT2D eigenvalue weighted by molar-refractivity contribution is 0.0923. The van der Waals surface area contributed by atoms with E-state index in [1.165, 1.54) is 0 Å². The highest BCUT2D eigenvalue weighted by atomic mass is 32.2. The Bertz CT molecular complexity index is 635. The van der Waals surface area contributed by atoms with E-state index in [4.69, 9.17) is 4.52 Å². The number of rotatable bonds is 2. The van der Waals surface area contributed by atoms with E-state index in [-0.39, 0.29) is 29.4 Å². The molecule has 7 heteroatoms. The van der Waals surface area contributed by atoms with Crippen LogP contribution >= 0.6 is 0 Å². The Morgan fingerprint density at radius 3 is 2.75 bits per heavy atom. The van der Waals surface area contributed by atoms with E-state index in [2.05, 4.69) is 10.5 Å². The van der Waals surface area contributed by atoms with E-state index < -0.39 is 9.84 Å². The Labute approximate surface area is 117 Å². The summed E-state index contributed by atoms with van der Waals surface area (Å²) in [5.41, 5.74) is 1.22. The van der Waals surface area contributed by atoms with Crippen LogP contribution in [0.2, 0.25) is 0 Å². The Hall–Kier alpha value is -1.37. The van der Waals surface area contributed by atoms with E-state index in [0.29, 0.717) is 5.69 Å². The third-order valence-corrected chi connectivity index (χ3v) is 6.02. The standard InChI is InChI=1S/C13H18N2O4S/c1-8-6-20(17,18)7-10(8)14-13(16)12-9-4-2-3-5-11(9)19-15-12/h8,10H,2-7H2,1H3,(H,14,16)/t8-,10+/m0/s1. The molecule has 2 heterocycles. The number of carbonyl (C=O) groups is 1. The molecule has 1 aliphatic carbocycles. The largest absolute Gasteiger partial charge is 0.360 e. The second-order valence-electron chi connectivity index (χ2n) is 5.77. The molecule has 20 heavy (non-hydrogen) atoms. The van der Waals surface area contributed by atoms with Gasteiger partial charge in [0.25, 0.3) is 5.91 Å². The average molecular weight is 298 g/mol. The van der Waals surface area contributed by atoms with Crippen LogP contribution in [-0.2, 0) is 22.7 Å². The molecule has 0 saturated carbocycles. The number of carbonyl (C=O) groups excluding carboxylic acids is 1. The fourth-order valence-corrected chi connectivity index (χ4v) is 5.13. The quantitative estimate of drug-likeness (QED) is 0.869.